The summed E-state index contributed by atoms with van der Waals surface area (Å²) in [5, 5.41) is 18.8. The fourth-order valence-electron chi connectivity index (χ4n) is 4.33. The van der Waals surface area contributed by atoms with Crippen LogP contribution in [0.5, 0.6) is 0 Å². The number of halogens is 1. The van der Waals surface area contributed by atoms with Gasteiger partial charge in [-0.1, -0.05) is 36.4 Å². The van der Waals surface area contributed by atoms with Crippen molar-refractivity contribution in [1.82, 2.24) is 4.90 Å². The first-order valence-electron chi connectivity index (χ1n) is 10.3. The van der Waals surface area contributed by atoms with E-state index in [1.165, 1.54) is 11.0 Å². The molecule has 0 saturated carbocycles. The van der Waals surface area contributed by atoms with E-state index in [-0.39, 0.29) is 6.42 Å². The minimum atomic E-state index is -1.10. The quantitative estimate of drug-likeness (QED) is 0.627. The summed E-state index contributed by atoms with van der Waals surface area (Å²) in [5.74, 6) is -2.00. The predicted octanol–water partition coefficient (Wildman–Crippen LogP) is 5.10. The molecule has 1 aliphatic rings. The Morgan fingerprint density at radius 2 is 1.78 bits per heavy atom. The molecule has 0 radical (unpaired) electrons. The van der Waals surface area contributed by atoms with Gasteiger partial charge >= 0.3 is 5.97 Å². The SMILES string of the molecule is Cc1ccc(C#N)cc1-c1ccc(C(=O)N2[C@@H](c3ccccc3F)CC[C@H]2C(=O)O)cc1. The molecular weight excluding hydrogens is 407 g/mol. The number of nitrogens with zero attached hydrogens (tertiary/aromatic N) is 2. The summed E-state index contributed by atoms with van der Waals surface area (Å²) in [6, 6.07) is 18.9. The fourth-order valence-corrected chi connectivity index (χ4v) is 4.33. The van der Waals surface area contributed by atoms with Gasteiger partial charge in [-0.2, -0.15) is 5.26 Å². The van der Waals surface area contributed by atoms with Crippen LogP contribution in [0.2, 0.25) is 0 Å². The number of benzene rings is 3. The van der Waals surface area contributed by atoms with Crippen molar-refractivity contribution in [3.05, 3.63) is 94.8 Å². The van der Waals surface area contributed by atoms with Gasteiger partial charge in [-0.15, -0.1) is 0 Å². The number of amides is 1. The van der Waals surface area contributed by atoms with Crippen LogP contribution in [0, 0.1) is 24.1 Å². The number of hydrogen-bond acceptors (Lipinski definition) is 3. The maximum atomic E-state index is 14.4. The molecule has 0 aromatic heterocycles. The summed E-state index contributed by atoms with van der Waals surface area (Å²) < 4.78 is 14.4. The maximum absolute atomic E-state index is 14.4. The number of rotatable bonds is 4. The number of aryl methyl sites for hydroxylation is 1. The first kappa shape index (κ1) is 21.3. The lowest BCUT2D eigenvalue weighted by Gasteiger charge is -2.29. The van der Waals surface area contributed by atoms with Crippen molar-refractivity contribution in [3.8, 4) is 17.2 Å². The van der Waals surface area contributed by atoms with Gasteiger partial charge in [0.1, 0.15) is 11.9 Å². The Kier molecular flexibility index (Phi) is 5.74. The molecule has 160 valence electrons. The molecule has 32 heavy (non-hydrogen) atoms. The zero-order chi connectivity index (χ0) is 22.8. The van der Waals surface area contributed by atoms with E-state index >= 15 is 0 Å². The molecule has 1 amide bonds. The van der Waals surface area contributed by atoms with Gasteiger partial charge < -0.3 is 10.0 Å². The van der Waals surface area contributed by atoms with Crippen molar-refractivity contribution in [2.45, 2.75) is 31.8 Å². The minimum Gasteiger partial charge on any atom is -0.480 e. The van der Waals surface area contributed by atoms with Crippen molar-refractivity contribution < 1.29 is 19.1 Å². The third kappa shape index (κ3) is 3.85. The highest BCUT2D eigenvalue weighted by Crippen LogP contribution is 2.38. The van der Waals surface area contributed by atoms with E-state index in [1.807, 2.05) is 13.0 Å². The summed E-state index contributed by atoms with van der Waals surface area (Å²) in [5.41, 5.74) is 3.92. The van der Waals surface area contributed by atoms with Crippen LogP contribution in [0.15, 0.2) is 66.7 Å². The lowest BCUT2D eigenvalue weighted by molar-refractivity contribution is -0.141. The molecule has 0 aliphatic carbocycles. The van der Waals surface area contributed by atoms with E-state index in [0.29, 0.717) is 23.1 Å². The largest absolute Gasteiger partial charge is 0.480 e. The van der Waals surface area contributed by atoms with E-state index in [0.717, 1.165) is 16.7 Å². The van der Waals surface area contributed by atoms with Crippen LogP contribution in [0.4, 0.5) is 4.39 Å². The summed E-state index contributed by atoms with van der Waals surface area (Å²) in [6.45, 7) is 1.94. The average Bonchev–Trinajstić information content (AvgIpc) is 3.24. The standard InChI is InChI=1S/C26H21FN2O3/c1-16-6-7-17(15-28)14-21(16)18-8-10-19(11-9-18)25(30)29-23(12-13-24(29)26(31)32)20-4-2-3-5-22(20)27/h2-11,14,23-24H,12-13H2,1H3,(H,31,32)/t23-,24+/m1/s1. The number of nitriles is 1. The number of aliphatic carboxylic acids is 1. The van der Waals surface area contributed by atoms with Crippen LogP contribution in [-0.2, 0) is 4.79 Å². The summed E-state index contributed by atoms with van der Waals surface area (Å²) in [4.78, 5) is 26.5. The van der Waals surface area contributed by atoms with E-state index in [1.54, 1.807) is 54.6 Å². The zero-order valence-electron chi connectivity index (χ0n) is 17.5. The van der Waals surface area contributed by atoms with E-state index in [2.05, 4.69) is 6.07 Å². The van der Waals surface area contributed by atoms with Crippen LogP contribution in [-0.4, -0.2) is 27.9 Å². The molecule has 2 atom stereocenters. The van der Waals surface area contributed by atoms with Gasteiger partial charge in [-0.3, -0.25) is 4.79 Å². The third-order valence-corrected chi connectivity index (χ3v) is 5.98. The minimum absolute atomic E-state index is 0.262. The van der Waals surface area contributed by atoms with Crippen LogP contribution >= 0.6 is 0 Å². The van der Waals surface area contributed by atoms with E-state index in [4.69, 9.17) is 0 Å². The van der Waals surface area contributed by atoms with Crippen LogP contribution in [0.3, 0.4) is 0 Å². The van der Waals surface area contributed by atoms with E-state index in [9.17, 15) is 24.3 Å². The molecule has 1 N–H and O–H groups in total. The Bertz CT molecular complexity index is 1230. The number of likely N-dealkylation sites (tertiary alicyclic amines) is 1. The number of carbonyl (C=O) groups excluding carboxylic acids is 1. The van der Waals surface area contributed by atoms with Crippen LogP contribution < -0.4 is 0 Å². The summed E-state index contributed by atoms with van der Waals surface area (Å²) in [7, 11) is 0. The van der Waals surface area contributed by atoms with Crippen molar-refractivity contribution >= 4 is 11.9 Å². The molecule has 0 bridgehead atoms. The second kappa shape index (κ2) is 8.64. The molecule has 1 saturated heterocycles. The number of hydrogen-bond donors (Lipinski definition) is 1. The van der Waals surface area contributed by atoms with Gasteiger partial charge in [0.15, 0.2) is 0 Å². The van der Waals surface area contributed by atoms with Gasteiger partial charge in [-0.25, -0.2) is 9.18 Å². The lowest BCUT2D eigenvalue weighted by Crippen LogP contribution is -2.42. The van der Waals surface area contributed by atoms with Crippen molar-refractivity contribution in [1.29, 1.82) is 5.26 Å². The van der Waals surface area contributed by atoms with Gasteiger partial charge in [-0.05, 0) is 66.8 Å². The molecule has 3 aromatic carbocycles. The van der Waals surface area contributed by atoms with Crippen molar-refractivity contribution in [2.75, 3.05) is 0 Å². The highest BCUT2D eigenvalue weighted by Gasteiger charge is 2.42. The second-order valence-corrected chi connectivity index (χ2v) is 7.90. The monoisotopic (exact) mass is 428 g/mol. The molecule has 0 spiro atoms. The van der Waals surface area contributed by atoms with Crippen LogP contribution in [0.1, 0.15) is 45.9 Å². The molecule has 1 fully saturated rings. The maximum Gasteiger partial charge on any atom is 0.326 e. The molecule has 1 heterocycles. The summed E-state index contributed by atoms with van der Waals surface area (Å²) >= 11 is 0. The topological polar surface area (TPSA) is 81.4 Å². The molecule has 4 rings (SSSR count). The number of carbonyl (C=O) groups is 2. The Morgan fingerprint density at radius 1 is 1.06 bits per heavy atom. The normalized spacial score (nSPS) is 17.7. The number of carboxylic acids is 1. The van der Waals surface area contributed by atoms with Gasteiger partial charge in [0.2, 0.25) is 0 Å². The first-order valence-corrected chi connectivity index (χ1v) is 10.3. The molecule has 3 aromatic rings. The Hall–Kier alpha value is -3.98. The molecule has 1 aliphatic heterocycles. The number of carboxylic acid groups (broad SMARTS) is 1. The van der Waals surface area contributed by atoms with Gasteiger partial charge in [0, 0.05) is 11.1 Å². The van der Waals surface area contributed by atoms with Gasteiger partial charge in [0.25, 0.3) is 5.91 Å². The van der Waals surface area contributed by atoms with E-state index < -0.39 is 29.8 Å². The Labute approximate surface area is 185 Å². The zero-order valence-corrected chi connectivity index (χ0v) is 17.5. The second-order valence-electron chi connectivity index (χ2n) is 7.90. The molecule has 6 heteroatoms. The highest BCUT2D eigenvalue weighted by molar-refractivity contribution is 5.97. The fraction of sp³-hybridized carbons (Fsp3) is 0.192. The van der Waals surface area contributed by atoms with Crippen molar-refractivity contribution in [2.24, 2.45) is 0 Å². The van der Waals surface area contributed by atoms with Crippen LogP contribution in [0.25, 0.3) is 11.1 Å². The average molecular weight is 428 g/mol. The Morgan fingerprint density at radius 3 is 2.44 bits per heavy atom. The third-order valence-electron chi connectivity index (χ3n) is 5.98. The smallest absolute Gasteiger partial charge is 0.326 e. The lowest BCUT2D eigenvalue weighted by atomic mass is 9.97. The van der Waals surface area contributed by atoms with Crippen molar-refractivity contribution in [3.63, 3.8) is 0 Å². The predicted molar refractivity (Wildman–Crippen MR) is 117 cm³/mol. The molecular formula is C26H21FN2O3. The van der Waals surface area contributed by atoms with Gasteiger partial charge in [0.05, 0.1) is 17.7 Å². The first-order chi connectivity index (χ1) is 15.4. The summed E-state index contributed by atoms with van der Waals surface area (Å²) in [6.07, 6.45) is 0.639. The highest BCUT2D eigenvalue weighted by atomic mass is 19.1. The molecule has 5 nitrogen and oxygen atoms in total. The Balaban J connectivity index is 1.68. The molecule has 0 unspecified atom stereocenters.